The average Bonchev–Trinajstić information content (AvgIpc) is 2.77. The van der Waals surface area contributed by atoms with Gasteiger partial charge in [-0.3, -0.25) is 4.79 Å². The van der Waals surface area contributed by atoms with E-state index in [2.05, 4.69) is 5.32 Å². The summed E-state index contributed by atoms with van der Waals surface area (Å²) < 4.78 is 28.5. The van der Waals surface area contributed by atoms with Crippen molar-refractivity contribution in [2.45, 2.75) is 37.1 Å². The van der Waals surface area contributed by atoms with Crippen molar-refractivity contribution < 1.29 is 17.9 Å². The van der Waals surface area contributed by atoms with Crippen molar-refractivity contribution >= 4 is 15.7 Å². The number of sulfone groups is 1. The summed E-state index contributed by atoms with van der Waals surface area (Å²) in [5.74, 6) is 0.877. The second-order valence-corrected chi connectivity index (χ2v) is 8.44. The monoisotopic (exact) mass is 323 g/mol. The molecule has 2 aliphatic rings. The Bertz CT molecular complexity index is 679. The van der Waals surface area contributed by atoms with E-state index in [-0.39, 0.29) is 23.5 Å². The Morgan fingerprint density at radius 2 is 2.05 bits per heavy atom. The Morgan fingerprint density at radius 1 is 1.32 bits per heavy atom. The van der Waals surface area contributed by atoms with Crippen LogP contribution in [-0.4, -0.2) is 39.0 Å². The molecule has 1 N–H and O–H groups in total. The van der Waals surface area contributed by atoms with Crippen LogP contribution in [0.4, 0.5) is 0 Å². The van der Waals surface area contributed by atoms with Gasteiger partial charge in [0, 0.05) is 11.6 Å². The zero-order chi connectivity index (χ0) is 15.8. The lowest BCUT2D eigenvalue weighted by Gasteiger charge is -2.41. The highest BCUT2D eigenvalue weighted by Gasteiger charge is 2.48. The fourth-order valence-electron chi connectivity index (χ4n) is 3.42. The molecular weight excluding hydrogens is 302 g/mol. The predicted molar refractivity (Wildman–Crippen MR) is 83.7 cm³/mol. The van der Waals surface area contributed by atoms with Gasteiger partial charge < -0.3 is 10.1 Å². The van der Waals surface area contributed by atoms with E-state index in [4.69, 9.17) is 4.74 Å². The zero-order valence-corrected chi connectivity index (χ0v) is 13.5. The third-order valence-electron chi connectivity index (χ3n) is 4.83. The number of carbonyl (C=O) groups is 1. The first-order chi connectivity index (χ1) is 10.5. The second kappa shape index (κ2) is 5.57. The molecule has 0 bridgehead atoms. The summed E-state index contributed by atoms with van der Waals surface area (Å²) in [5.41, 5.74) is 0.334. The van der Waals surface area contributed by atoms with Crippen molar-refractivity contribution in [3.05, 3.63) is 29.8 Å². The molecule has 120 valence electrons. The molecule has 3 rings (SSSR count). The summed E-state index contributed by atoms with van der Waals surface area (Å²) in [5, 5.41) is 2.95. The zero-order valence-electron chi connectivity index (χ0n) is 12.7. The standard InChI is InChI=1S/C16H21NO4S/c1-21-14-6-3-2-5-13(14)16(8-4-9-16)15(18)17-12-7-10-22(19,20)11-12/h2-3,5-6,12H,4,7-11H2,1H3,(H,17,18). The number of hydrogen-bond acceptors (Lipinski definition) is 4. The van der Waals surface area contributed by atoms with Crippen LogP contribution in [0.3, 0.4) is 0 Å². The molecule has 1 atom stereocenters. The Morgan fingerprint density at radius 3 is 2.59 bits per heavy atom. The fraction of sp³-hybridized carbons (Fsp3) is 0.562. The second-order valence-electron chi connectivity index (χ2n) is 6.21. The molecule has 1 aliphatic carbocycles. The molecule has 1 amide bonds. The Balaban J connectivity index is 1.82. The van der Waals surface area contributed by atoms with E-state index in [0.717, 1.165) is 30.6 Å². The van der Waals surface area contributed by atoms with Gasteiger partial charge >= 0.3 is 0 Å². The van der Waals surface area contributed by atoms with Gasteiger partial charge in [-0.25, -0.2) is 8.42 Å². The Hall–Kier alpha value is -1.56. The molecule has 1 aromatic rings. The van der Waals surface area contributed by atoms with Gasteiger partial charge in [0.25, 0.3) is 0 Å². The summed E-state index contributed by atoms with van der Waals surface area (Å²) in [6, 6.07) is 7.33. The third kappa shape index (κ3) is 2.60. The van der Waals surface area contributed by atoms with E-state index in [1.54, 1.807) is 7.11 Å². The van der Waals surface area contributed by atoms with Crippen LogP contribution in [0.5, 0.6) is 5.75 Å². The van der Waals surface area contributed by atoms with Gasteiger partial charge in [-0.1, -0.05) is 24.6 Å². The highest BCUT2D eigenvalue weighted by atomic mass is 32.2. The number of benzene rings is 1. The first kappa shape index (κ1) is 15.3. The number of amides is 1. The number of ether oxygens (including phenoxy) is 1. The Labute approximate surface area is 131 Å². The quantitative estimate of drug-likeness (QED) is 0.909. The first-order valence-corrected chi connectivity index (χ1v) is 9.44. The van der Waals surface area contributed by atoms with Gasteiger partial charge in [0.1, 0.15) is 5.75 Å². The van der Waals surface area contributed by atoms with E-state index in [1.807, 2.05) is 24.3 Å². The molecule has 6 heteroatoms. The maximum absolute atomic E-state index is 12.8. The van der Waals surface area contributed by atoms with Crippen molar-refractivity contribution in [3.8, 4) is 5.75 Å². The normalized spacial score (nSPS) is 25.2. The van der Waals surface area contributed by atoms with E-state index in [9.17, 15) is 13.2 Å². The lowest BCUT2D eigenvalue weighted by Crippen LogP contribution is -2.52. The maximum Gasteiger partial charge on any atom is 0.231 e. The third-order valence-corrected chi connectivity index (χ3v) is 6.60. The number of nitrogens with one attached hydrogen (secondary N) is 1. The molecule has 0 spiro atoms. The van der Waals surface area contributed by atoms with Gasteiger partial charge in [-0.15, -0.1) is 0 Å². The summed E-state index contributed by atoms with van der Waals surface area (Å²) in [6.45, 7) is 0. The number of rotatable bonds is 4. The summed E-state index contributed by atoms with van der Waals surface area (Å²) in [4.78, 5) is 12.8. The molecule has 2 fully saturated rings. The first-order valence-electron chi connectivity index (χ1n) is 7.62. The largest absolute Gasteiger partial charge is 0.496 e. The van der Waals surface area contributed by atoms with Gasteiger partial charge in [0.15, 0.2) is 9.84 Å². The smallest absolute Gasteiger partial charge is 0.231 e. The fourth-order valence-corrected chi connectivity index (χ4v) is 5.09. The molecular formula is C16H21NO4S. The van der Waals surface area contributed by atoms with Crippen molar-refractivity contribution in [1.82, 2.24) is 5.32 Å². The lowest BCUT2D eigenvalue weighted by molar-refractivity contribution is -0.130. The van der Waals surface area contributed by atoms with E-state index in [1.165, 1.54) is 0 Å². The summed E-state index contributed by atoms with van der Waals surface area (Å²) in [6.07, 6.45) is 3.06. The van der Waals surface area contributed by atoms with Crippen LogP contribution in [0, 0.1) is 0 Å². The van der Waals surface area contributed by atoms with Crippen molar-refractivity contribution in [1.29, 1.82) is 0 Å². The number of para-hydroxylation sites is 1. The van der Waals surface area contributed by atoms with Crippen LogP contribution in [0.2, 0.25) is 0 Å². The molecule has 0 radical (unpaired) electrons. The predicted octanol–water partition coefficient (Wildman–Crippen LogP) is 1.42. The molecule has 1 aliphatic heterocycles. The average molecular weight is 323 g/mol. The molecule has 5 nitrogen and oxygen atoms in total. The molecule has 22 heavy (non-hydrogen) atoms. The molecule has 1 heterocycles. The van der Waals surface area contributed by atoms with Crippen molar-refractivity contribution in [3.63, 3.8) is 0 Å². The van der Waals surface area contributed by atoms with Gasteiger partial charge in [0.05, 0.1) is 24.0 Å². The minimum absolute atomic E-state index is 0.0563. The van der Waals surface area contributed by atoms with Crippen molar-refractivity contribution in [2.24, 2.45) is 0 Å². The molecule has 1 saturated carbocycles. The molecule has 0 aromatic heterocycles. The van der Waals surface area contributed by atoms with Crippen LogP contribution in [-0.2, 0) is 20.0 Å². The number of methoxy groups -OCH3 is 1. The minimum Gasteiger partial charge on any atom is -0.496 e. The van der Waals surface area contributed by atoms with Gasteiger partial charge in [0.2, 0.25) is 5.91 Å². The van der Waals surface area contributed by atoms with Crippen LogP contribution >= 0.6 is 0 Å². The maximum atomic E-state index is 12.8. The topological polar surface area (TPSA) is 72.5 Å². The van der Waals surface area contributed by atoms with Crippen LogP contribution in [0.25, 0.3) is 0 Å². The lowest BCUT2D eigenvalue weighted by atomic mass is 9.63. The highest BCUT2D eigenvalue weighted by molar-refractivity contribution is 7.91. The highest BCUT2D eigenvalue weighted by Crippen LogP contribution is 2.47. The summed E-state index contributed by atoms with van der Waals surface area (Å²) >= 11 is 0. The number of carbonyl (C=O) groups excluding carboxylic acids is 1. The van der Waals surface area contributed by atoms with Gasteiger partial charge in [-0.05, 0) is 25.3 Å². The summed E-state index contributed by atoms with van der Waals surface area (Å²) in [7, 11) is -1.39. The molecule has 1 saturated heterocycles. The SMILES string of the molecule is COc1ccccc1C1(C(=O)NC2CCS(=O)(=O)C2)CCC1. The minimum atomic E-state index is -2.99. The van der Waals surface area contributed by atoms with Crippen LogP contribution in [0.15, 0.2) is 24.3 Å². The molecule has 1 unspecified atom stereocenters. The Kier molecular flexibility index (Phi) is 3.89. The molecule has 1 aromatic carbocycles. The van der Waals surface area contributed by atoms with Crippen molar-refractivity contribution in [2.75, 3.05) is 18.6 Å². The van der Waals surface area contributed by atoms with Gasteiger partial charge in [-0.2, -0.15) is 0 Å². The van der Waals surface area contributed by atoms with E-state index < -0.39 is 15.3 Å². The van der Waals surface area contributed by atoms with Crippen LogP contribution < -0.4 is 10.1 Å². The van der Waals surface area contributed by atoms with Crippen LogP contribution in [0.1, 0.15) is 31.2 Å². The van der Waals surface area contributed by atoms with E-state index in [0.29, 0.717) is 6.42 Å². The van der Waals surface area contributed by atoms with E-state index >= 15 is 0 Å². The number of hydrogen-bond donors (Lipinski definition) is 1.